The van der Waals surface area contributed by atoms with Crippen molar-refractivity contribution in [1.82, 2.24) is 9.62 Å². The van der Waals surface area contributed by atoms with Gasteiger partial charge in [-0.1, -0.05) is 12.1 Å². The van der Waals surface area contributed by atoms with Gasteiger partial charge in [0.25, 0.3) is 10.0 Å². The van der Waals surface area contributed by atoms with Gasteiger partial charge in [-0.25, -0.2) is 8.42 Å². The van der Waals surface area contributed by atoms with Crippen LogP contribution in [-0.2, 0) is 21.4 Å². The molecule has 11 heteroatoms. The lowest BCUT2D eigenvalue weighted by Gasteiger charge is -2.22. The molecule has 3 rings (SSSR count). The fraction of sp³-hybridized carbons (Fsp3) is 0.353. The second kappa shape index (κ2) is 8.85. The van der Waals surface area contributed by atoms with Gasteiger partial charge in [-0.15, -0.1) is 11.3 Å². The molecule has 2 aromatic rings. The molecule has 1 aromatic heterocycles. The number of hydrogen-bond acceptors (Lipinski definition) is 5. The van der Waals surface area contributed by atoms with Crippen molar-refractivity contribution in [1.29, 1.82) is 0 Å². The summed E-state index contributed by atoms with van der Waals surface area (Å²) in [6, 6.07) is 8.29. The van der Waals surface area contributed by atoms with E-state index in [2.05, 4.69) is 26.0 Å². The molecule has 0 radical (unpaired) electrons. The number of rotatable bonds is 7. The van der Waals surface area contributed by atoms with Crippen LogP contribution < -0.4 is 10.1 Å². The number of nitrogens with one attached hydrogen (secondary N) is 1. The van der Waals surface area contributed by atoms with Crippen molar-refractivity contribution >= 4 is 43.2 Å². The van der Waals surface area contributed by atoms with Crippen LogP contribution in [0.4, 0.5) is 8.78 Å². The molecule has 28 heavy (non-hydrogen) atoms. The number of halogens is 3. The normalized spacial score (nSPS) is 17.8. The van der Waals surface area contributed by atoms with Crippen LogP contribution in [0.5, 0.6) is 5.75 Å². The number of carbonyl (C=O) groups excluding carboxylic acids is 1. The van der Waals surface area contributed by atoms with E-state index in [1.165, 1.54) is 22.5 Å². The summed E-state index contributed by atoms with van der Waals surface area (Å²) in [7, 11) is -3.74. The molecule has 1 aliphatic rings. The molecule has 0 aliphatic carbocycles. The average Bonchev–Trinajstić information content (AvgIpc) is 3.30. The lowest BCUT2D eigenvalue weighted by atomic mass is 10.2. The summed E-state index contributed by atoms with van der Waals surface area (Å²) in [5, 5.41) is 2.72. The van der Waals surface area contributed by atoms with E-state index in [0.717, 1.165) is 11.3 Å². The van der Waals surface area contributed by atoms with E-state index in [9.17, 15) is 22.0 Å². The molecule has 1 atom stereocenters. The molecule has 0 spiro atoms. The third-order valence-electron chi connectivity index (χ3n) is 4.23. The highest BCUT2D eigenvalue weighted by atomic mass is 79.9. The lowest BCUT2D eigenvalue weighted by Crippen LogP contribution is -2.45. The molecule has 6 nitrogen and oxygen atoms in total. The summed E-state index contributed by atoms with van der Waals surface area (Å²) in [5.74, 6) is -0.357. The fourth-order valence-corrected chi connectivity index (χ4v) is 6.73. The number of amides is 1. The molecular formula is C17H17BrF2N2O4S2. The molecule has 152 valence electrons. The summed E-state index contributed by atoms with van der Waals surface area (Å²) in [6.07, 6.45) is 1.04. The van der Waals surface area contributed by atoms with Crippen molar-refractivity contribution in [3.05, 3.63) is 45.7 Å². The van der Waals surface area contributed by atoms with E-state index in [1.807, 2.05) is 0 Å². The maximum absolute atomic E-state index is 12.8. The molecule has 2 heterocycles. The van der Waals surface area contributed by atoms with E-state index in [1.54, 1.807) is 18.2 Å². The Morgan fingerprint density at radius 2 is 2.00 bits per heavy atom. The maximum Gasteiger partial charge on any atom is 0.387 e. The zero-order chi connectivity index (χ0) is 20.3. The molecule has 0 bridgehead atoms. The molecule has 1 saturated heterocycles. The minimum Gasteiger partial charge on any atom is -0.435 e. The van der Waals surface area contributed by atoms with E-state index in [0.29, 0.717) is 22.2 Å². The smallest absolute Gasteiger partial charge is 0.387 e. The number of nitrogens with zero attached hydrogens (tertiary/aromatic N) is 1. The van der Waals surface area contributed by atoms with Crippen LogP contribution in [-0.4, -0.2) is 37.8 Å². The Hall–Kier alpha value is -1.56. The van der Waals surface area contributed by atoms with E-state index < -0.39 is 22.7 Å². The number of ether oxygens (including phenoxy) is 1. The molecule has 1 unspecified atom stereocenters. The van der Waals surface area contributed by atoms with E-state index in [4.69, 9.17) is 0 Å². The minimum atomic E-state index is -3.74. The first-order valence-corrected chi connectivity index (χ1v) is 11.4. The van der Waals surface area contributed by atoms with Crippen molar-refractivity contribution in [2.75, 3.05) is 6.54 Å². The summed E-state index contributed by atoms with van der Waals surface area (Å²) in [6.45, 7) is -2.46. The second-order valence-corrected chi connectivity index (χ2v) is 10.7. The van der Waals surface area contributed by atoms with Crippen molar-refractivity contribution in [2.24, 2.45) is 0 Å². The van der Waals surface area contributed by atoms with Gasteiger partial charge in [0.15, 0.2) is 0 Å². The van der Waals surface area contributed by atoms with Crippen molar-refractivity contribution in [2.45, 2.75) is 36.2 Å². The van der Waals surface area contributed by atoms with Crippen LogP contribution in [0.1, 0.15) is 18.4 Å². The van der Waals surface area contributed by atoms with Crippen LogP contribution in [0.3, 0.4) is 0 Å². The monoisotopic (exact) mass is 494 g/mol. The van der Waals surface area contributed by atoms with Gasteiger partial charge in [-0.3, -0.25) is 4.79 Å². The van der Waals surface area contributed by atoms with Gasteiger partial charge in [0.05, 0.1) is 3.79 Å². The van der Waals surface area contributed by atoms with Gasteiger partial charge in [-0.2, -0.15) is 13.1 Å². The van der Waals surface area contributed by atoms with Crippen molar-refractivity contribution in [3.8, 4) is 5.75 Å². The van der Waals surface area contributed by atoms with Gasteiger partial charge in [0.2, 0.25) is 5.91 Å². The van der Waals surface area contributed by atoms with Crippen LogP contribution in [0.25, 0.3) is 0 Å². The number of benzene rings is 1. The first-order valence-electron chi connectivity index (χ1n) is 8.36. The Bertz CT molecular complexity index is 935. The number of hydrogen-bond donors (Lipinski definition) is 1. The molecular weight excluding hydrogens is 478 g/mol. The number of thiophene rings is 1. The van der Waals surface area contributed by atoms with Gasteiger partial charge in [-0.05, 0) is 58.6 Å². The predicted octanol–water partition coefficient (Wildman–Crippen LogP) is 3.58. The highest BCUT2D eigenvalue weighted by Crippen LogP contribution is 2.32. The zero-order valence-corrected chi connectivity index (χ0v) is 17.7. The number of carbonyl (C=O) groups is 1. The Morgan fingerprint density at radius 1 is 1.29 bits per heavy atom. The van der Waals surface area contributed by atoms with Gasteiger partial charge < -0.3 is 10.1 Å². The third-order valence-corrected chi connectivity index (χ3v) is 8.23. The Balaban J connectivity index is 1.63. The van der Waals surface area contributed by atoms with Crippen LogP contribution >= 0.6 is 27.3 Å². The first-order chi connectivity index (χ1) is 13.3. The molecule has 1 aromatic carbocycles. The largest absolute Gasteiger partial charge is 0.435 e. The third kappa shape index (κ3) is 4.88. The Labute approximate surface area is 173 Å². The van der Waals surface area contributed by atoms with Crippen molar-refractivity contribution in [3.63, 3.8) is 0 Å². The Morgan fingerprint density at radius 3 is 2.61 bits per heavy atom. The molecule has 1 fully saturated rings. The predicted molar refractivity (Wildman–Crippen MR) is 104 cm³/mol. The topological polar surface area (TPSA) is 75.7 Å². The van der Waals surface area contributed by atoms with E-state index in [-0.39, 0.29) is 29.0 Å². The molecule has 1 aliphatic heterocycles. The average molecular weight is 495 g/mol. The lowest BCUT2D eigenvalue weighted by molar-refractivity contribution is -0.124. The van der Waals surface area contributed by atoms with Crippen LogP contribution in [0.2, 0.25) is 0 Å². The summed E-state index contributed by atoms with van der Waals surface area (Å²) < 4.78 is 56.4. The molecule has 0 saturated carbocycles. The highest BCUT2D eigenvalue weighted by molar-refractivity contribution is 9.11. The van der Waals surface area contributed by atoms with Gasteiger partial charge >= 0.3 is 6.61 Å². The molecule has 1 N–H and O–H groups in total. The second-order valence-electron chi connectivity index (χ2n) is 6.07. The molecule has 1 amide bonds. The van der Waals surface area contributed by atoms with E-state index >= 15 is 0 Å². The zero-order valence-electron chi connectivity index (χ0n) is 14.5. The fourth-order valence-electron chi connectivity index (χ4n) is 2.94. The number of alkyl halides is 2. The summed E-state index contributed by atoms with van der Waals surface area (Å²) in [4.78, 5) is 12.6. The van der Waals surface area contributed by atoms with Gasteiger partial charge in [0.1, 0.15) is 16.0 Å². The van der Waals surface area contributed by atoms with Crippen LogP contribution in [0, 0.1) is 0 Å². The van der Waals surface area contributed by atoms with Crippen molar-refractivity contribution < 1.29 is 26.7 Å². The quantitative estimate of drug-likeness (QED) is 0.638. The van der Waals surface area contributed by atoms with Gasteiger partial charge in [0, 0.05) is 13.1 Å². The summed E-state index contributed by atoms with van der Waals surface area (Å²) in [5.41, 5.74) is 0.685. The maximum atomic E-state index is 12.8. The van der Waals surface area contributed by atoms with Crippen LogP contribution in [0.15, 0.2) is 44.4 Å². The Kier molecular flexibility index (Phi) is 6.69. The standard InChI is InChI=1S/C17H17BrF2N2O4S2/c18-14-7-8-15(27-14)28(24,25)22-9-1-2-13(22)16(23)21-10-11-3-5-12(6-4-11)26-17(19)20/h3-8,13,17H,1-2,9-10H2,(H,21,23). The minimum absolute atomic E-state index is 0.0280. The SMILES string of the molecule is O=C(NCc1ccc(OC(F)F)cc1)C1CCCN1S(=O)(=O)c1ccc(Br)s1. The highest BCUT2D eigenvalue weighted by Gasteiger charge is 2.39. The first kappa shape index (κ1) is 21.2. The number of sulfonamides is 1. The summed E-state index contributed by atoms with van der Waals surface area (Å²) >= 11 is 4.35.